The van der Waals surface area contributed by atoms with E-state index in [-0.39, 0.29) is 6.10 Å². The van der Waals surface area contributed by atoms with Gasteiger partial charge in [0.15, 0.2) is 5.82 Å². The molecule has 2 rings (SSSR count). The summed E-state index contributed by atoms with van der Waals surface area (Å²) >= 11 is 0. The van der Waals surface area contributed by atoms with Gasteiger partial charge in [0.1, 0.15) is 6.61 Å². The molecule has 0 radical (unpaired) electrons. The Balaban J connectivity index is 1.76. The second-order valence-corrected chi connectivity index (χ2v) is 3.51. The highest BCUT2D eigenvalue weighted by Gasteiger charge is 2.14. The zero-order valence-electron chi connectivity index (χ0n) is 8.32. The molecular weight excluding hydrogens is 182 g/mol. The number of aromatic nitrogens is 2. The minimum atomic E-state index is 0.288. The molecule has 5 heteroatoms. The van der Waals surface area contributed by atoms with E-state index in [9.17, 15) is 0 Å². The Kier molecular flexibility index (Phi) is 3.10. The molecule has 0 saturated carbocycles. The molecule has 14 heavy (non-hydrogen) atoms. The van der Waals surface area contributed by atoms with Gasteiger partial charge in [-0.1, -0.05) is 5.16 Å². The molecule has 78 valence electrons. The van der Waals surface area contributed by atoms with E-state index in [0.717, 1.165) is 19.5 Å². The van der Waals surface area contributed by atoms with E-state index in [1.165, 1.54) is 6.42 Å². The van der Waals surface area contributed by atoms with Gasteiger partial charge in [-0.25, -0.2) is 0 Å². The van der Waals surface area contributed by atoms with E-state index in [1.807, 2.05) is 0 Å². The van der Waals surface area contributed by atoms with Gasteiger partial charge in [-0.05, 0) is 26.3 Å². The Hall–Kier alpha value is -0.940. The largest absolute Gasteiger partial charge is 0.367 e. The highest BCUT2D eigenvalue weighted by molar-refractivity contribution is 4.80. The Morgan fingerprint density at radius 1 is 1.64 bits per heavy atom. The summed E-state index contributed by atoms with van der Waals surface area (Å²) in [5.74, 6) is 1.22. The van der Waals surface area contributed by atoms with Crippen molar-refractivity contribution in [1.82, 2.24) is 15.5 Å². The predicted octanol–water partition coefficient (Wildman–Crippen LogP) is 0.647. The first-order valence-electron chi connectivity index (χ1n) is 4.96. The molecule has 1 aromatic heterocycles. The van der Waals surface area contributed by atoms with Crippen LogP contribution in [-0.2, 0) is 11.3 Å². The molecule has 1 aromatic rings. The fourth-order valence-corrected chi connectivity index (χ4v) is 1.55. The summed E-state index contributed by atoms with van der Waals surface area (Å²) in [6, 6.07) is 0. The van der Waals surface area contributed by atoms with Gasteiger partial charge in [-0.2, -0.15) is 4.98 Å². The lowest BCUT2D eigenvalue weighted by molar-refractivity contribution is 0.0124. The second kappa shape index (κ2) is 4.52. The maximum atomic E-state index is 5.62. The van der Waals surface area contributed by atoms with Crippen LogP contribution in [0.5, 0.6) is 0 Å². The number of ether oxygens (including phenoxy) is 1. The smallest absolute Gasteiger partial charge is 0.252 e. The van der Waals surface area contributed by atoms with Crippen molar-refractivity contribution in [1.29, 1.82) is 0 Å². The monoisotopic (exact) mass is 197 g/mol. The van der Waals surface area contributed by atoms with Crippen LogP contribution < -0.4 is 5.32 Å². The molecule has 1 aliphatic rings. The molecule has 0 bridgehead atoms. The maximum Gasteiger partial charge on any atom is 0.252 e. The molecule has 1 fully saturated rings. The molecule has 0 aromatic carbocycles. The minimum Gasteiger partial charge on any atom is -0.367 e. The molecule has 1 saturated heterocycles. The van der Waals surface area contributed by atoms with E-state index in [0.29, 0.717) is 18.3 Å². The molecule has 5 nitrogen and oxygen atoms in total. The lowest BCUT2D eigenvalue weighted by atomic mass is 10.1. The van der Waals surface area contributed by atoms with Gasteiger partial charge in [0.2, 0.25) is 0 Å². The normalized spacial score (nSPS) is 22.5. The Morgan fingerprint density at radius 2 is 2.57 bits per heavy atom. The maximum absolute atomic E-state index is 5.62. The average Bonchev–Trinajstić information content (AvgIpc) is 2.63. The van der Waals surface area contributed by atoms with Gasteiger partial charge in [0.05, 0.1) is 6.10 Å². The molecule has 1 aliphatic heterocycles. The lowest BCUT2D eigenvalue weighted by Gasteiger charge is -2.22. The fraction of sp³-hybridized carbons (Fsp3) is 0.778. The fourth-order valence-electron chi connectivity index (χ4n) is 1.55. The number of piperidine rings is 1. The number of aryl methyl sites for hydroxylation is 1. The first-order valence-corrected chi connectivity index (χ1v) is 4.96. The number of hydrogen-bond donors (Lipinski definition) is 1. The van der Waals surface area contributed by atoms with Gasteiger partial charge in [-0.3, -0.25) is 0 Å². The van der Waals surface area contributed by atoms with Crippen molar-refractivity contribution in [2.75, 3.05) is 13.1 Å². The summed E-state index contributed by atoms with van der Waals surface area (Å²) in [6.45, 7) is 4.25. The first-order chi connectivity index (χ1) is 6.84. The van der Waals surface area contributed by atoms with Crippen molar-refractivity contribution < 1.29 is 9.26 Å². The number of rotatable bonds is 3. The molecule has 2 heterocycles. The number of nitrogens with zero attached hydrogens (tertiary/aromatic N) is 2. The third-order valence-electron chi connectivity index (χ3n) is 2.26. The van der Waals surface area contributed by atoms with E-state index in [4.69, 9.17) is 9.26 Å². The van der Waals surface area contributed by atoms with Gasteiger partial charge < -0.3 is 14.6 Å². The summed E-state index contributed by atoms with van der Waals surface area (Å²) in [5.41, 5.74) is 0. The minimum absolute atomic E-state index is 0.288. The molecule has 0 unspecified atom stereocenters. The van der Waals surface area contributed by atoms with Crippen LogP contribution in [0, 0.1) is 6.92 Å². The van der Waals surface area contributed by atoms with Crippen LogP contribution in [0.2, 0.25) is 0 Å². The molecule has 1 atom stereocenters. The zero-order chi connectivity index (χ0) is 9.80. The summed E-state index contributed by atoms with van der Waals surface area (Å²) in [4.78, 5) is 4.07. The third-order valence-corrected chi connectivity index (χ3v) is 2.26. The SMILES string of the molecule is Cc1noc(CO[C@H]2CCCNC2)n1. The number of nitrogens with one attached hydrogen (secondary N) is 1. The van der Waals surface area contributed by atoms with E-state index in [1.54, 1.807) is 6.92 Å². The van der Waals surface area contributed by atoms with Gasteiger partial charge in [-0.15, -0.1) is 0 Å². The van der Waals surface area contributed by atoms with E-state index >= 15 is 0 Å². The molecule has 0 aliphatic carbocycles. The molecule has 0 amide bonds. The van der Waals surface area contributed by atoms with Crippen molar-refractivity contribution in [3.8, 4) is 0 Å². The van der Waals surface area contributed by atoms with Crippen molar-refractivity contribution in [3.05, 3.63) is 11.7 Å². The van der Waals surface area contributed by atoms with Crippen LogP contribution in [-0.4, -0.2) is 29.3 Å². The van der Waals surface area contributed by atoms with Crippen molar-refractivity contribution in [2.45, 2.75) is 32.5 Å². The highest BCUT2D eigenvalue weighted by Crippen LogP contribution is 2.08. The number of hydrogen-bond acceptors (Lipinski definition) is 5. The van der Waals surface area contributed by atoms with Gasteiger partial charge in [0.25, 0.3) is 5.89 Å². The lowest BCUT2D eigenvalue weighted by Crippen LogP contribution is -2.35. The quantitative estimate of drug-likeness (QED) is 0.770. The Labute approximate surface area is 82.8 Å². The standard InChI is InChI=1S/C9H15N3O2/c1-7-11-9(14-12-7)6-13-8-3-2-4-10-5-8/h8,10H,2-6H2,1H3/t8-/m0/s1. The predicted molar refractivity (Wildman–Crippen MR) is 49.7 cm³/mol. The van der Waals surface area contributed by atoms with Crippen LogP contribution in [0.15, 0.2) is 4.52 Å². The second-order valence-electron chi connectivity index (χ2n) is 3.51. The third kappa shape index (κ3) is 2.52. The zero-order valence-corrected chi connectivity index (χ0v) is 8.32. The van der Waals surface area contributed by atoms with Crippen LogP contribution >= 0.6 is 0 Å². The van der Waals surface area contributed by atoms with Crippen LogP contribution in [0.3, 0.4) is 0 Å². The molecular formula is C9H15N3O2. The van der Waals surface area contributed by atoms with Crippen LogP contribution in [0.25, 0.3) is 0 Å². The van der Waals surface area contributed by atoms with E-state index in [2.05, 4.69) is 15.5 Å². The molecule has 0 spiro atoms. The topological polar surface area (TPSA) is 60.2 Å². The van der Waals surface area contributed by atoms with Gasteiger partial charge in [0, 0.05) is 6.54 Å². The summed E-state index contributed by atoms with van der Waals surface area (Å²) in [5, 5.41) is 6.98. The van der Waals surface area contributed by atoms with Crippen molar-refractivity contribution in [3.63, 3.8) is 0 Å². The summed E-state index contributed by atoms with van der Waals surface area (Å²) in [6.07, 6.45) is 2.57. The molecule has 1 N–H and O–H groups in total. The summed E-state index contributed by atoms with van der Waals surface area (Å²) in [7, 11) is 0. The van der Waals surface area contributed by atoms with Crippen LogP contribution in [0.1, 0.15) is 24.6 Å². The van der Waals surface area contributed by atoms with Gasteiger partial charge >= 0.3 is 0 Å². The Morgan fingerprint density at radius 3 is 3.21 bits per heavy atom. The highest BCUT2D eigenvalue weighted by atomic mass is 16.5. The van der Waals surface area contributed by atoms with E-state index < -0.39 is 0 Å². The average molecular weight is 197 g/mol. The van der Waals surface area contributed by atoms with Crippen molar-refractivity contribution >= 4 is 0 Å². The first kappa shape index (κ1) is 9.61. The van der Waals surface area contributed by atoms with Crippen LogP contribution in [0.4, 0.5) is 0 Å². The Bertz CT molecular complexity index is 281. The van der Waals surface area contributed by atoms with Crippen molar-refractivity contribution in [2.24, 2.45) is 0 Å². The summed E-state index contributed by atoms with van der Waals surface area (Å²) < 4.78 is 10.6.